The molecule has 4 heteroatoms. The zero-order valence-corrected chi connectivity index (χ0v) is 10.8. The van der Waals surface area contributed by atoms with Gasteiger partial charge in [-0.05, 0) is 23.6 Å². The molecule has 0 bridgehead atoms. The lowest BCUT2D eigenvalue weighted by atomic mass is 10.0. The van der Waals surface area contributed by atoms with Gasteiger partial charge in [-0.25, -0.2) is 9.78 Å². The molecule has 98 valence electrons. The van der Waals surface area contributed by atoms with Crippen molar-refractivity contribution >= 4 is 5.97 Å². The van der Waals surface area contributed by atoms with E-state index in [9.17, 15) is 4.79 Å². The summed E-state index contributed by atoms with van der Waals surface area (Å²) in [6, 6.07) is 10.8. The molecule has 1 heterocycles. The van der Waals surface area contributed by atoms with Gasteiger partial charge in [-0.3, -0.25) is 0 Å². The fourth-order valence-electron chi connectivity index (χ4n) is 1.73. The van der Waals surface area contributed by atoms with Crippen LogP contribution < -0.4 is 4.74 Å². The quantitative estimate of drug-likeness (QED) is 0.907. The molecule has 0 unspecified atom stereocenters. The maximum atomic E-state index is 10.7. The van der Waals surface area contributed by atoms with Gasteiger partial charge in [-0.2, -0.15) is 0 Å². The summed E-state index contributed by atoms with van der Waals surface area (Å²) in [6.45, 7) is 4.17. The van der Waals surface area contributed by atoms with Crippen LogP contribution in [-0.2, 0) is 0 Å². The second kappa shape index (κ2) is 5.52. The number of hydrogen-bond donors (Lipinski definition) is 1. The summed E-state index contributed by atoms with van der Waals surface area (Å²) >= 11 is 0. The summed E-state index contributed by atoms with van der Waals surface area (Å²) < 4.78 is 5.70. The van der Waals surface area contributed by atoms with Crippen LogP contribution in [0.5, 0.6) is 11.6 Å². The van der Waals surface area contributed by atoms with Crippen molar-refractivity contribution in [3.05, 3.63) is 53.7 Å². The number of carboxylic acids is 1. The summed E-state index contributed by atoms with van der Waals surface area (Å²) in [4.78, 5) is 14.7. The van der Waals surface area contributed by atoms with Gasteiger partial charge in [-0.15, -0.1) is 0 Å². The molecule has 19 heavy (non-hydrogen) atoms. The predicted octanol–water partition coefficient (Wildman–Crippen LogP) is 3.70. The minimum atomic E-state index is -0.998. The number of hydrogen-bond acceptors (Lipinski definition) is 3. The van der Waals surface area contributed by atoms with Gasteiger partial charge in [0.15, 0.2) is 0 Å². The number of benzene rings is 1. The van der Waals surface area contributed by atoms with E-state index in [1.54, 1.807) is 6.07 Å². The zero-order chi connectivity index (χ0) is 13.8. The lowest BCUT2D eigenvalue weighted by Gasteiger charge is -2.12. The number of nitrogens with zero attached hydrogens (tertiary/aromatic N) is 1. The summed E-state index contributed by atoms with van der Waals surface area (Å²) in [5.41, 5.74) is 1.23. The lowest BCUT2D eigenvalue weighted by Crippen LogP contribution is -1.98. The molecule has 0 aliphatic carbocycles. The number of para-hydroxylation sites is 1. The maximum Gasteiger partial charge on any atom is 0.337 e. The van der Waals surface area contributed by atoms with Crippen LogP contribution in [0.2, 0.25) is 0 Å². The number of aromatic nitrogens is 1. The van der Waals surface area contributed by atoms with E-state index in [1.807, 2.05) is 24.3 Å². The SMILES string of the molecule is CC(C)c1ccccc1Oc1ccc(C(=O)O)cn1. The second-order valence-electron chi connectivity index (χ2n) is 4.48. The Hall–Kier alpha value is -2.36. The number of rotatable bonds is 4. The van der Waals surface area contributed by atoms with E-state index in [1.165, 1.54) is 12.3 Å². The van der Waals surface area contributed by atoms with Gasteiger partial charge in [0.1, 0.15) is 5.75 Å². The van der Waals surface area contributed by atoms with E-state index in [0.29, 0.717) is 11.8 Å². The highest BCUT2D eigenvalue weighted by molar-refractivity contribution is 5.87. The number of aromatic carboxylic acids is 1. The average Bonchev–Trinajstić information content (AvgIpc) is 2.39. The van der Waals surface area contributed by atoms with E-state index in [-0.39, 0.29) is 5.56 Å². The Kier molecular flexibility index (Phi) is 3.80. The molecule has 0 saturated carbocycles. The van der Waals surface area contributed by atoms with E-state index in [0.717, 1.165) is 11.3 Å². The van der Waals surface area contributed by atoms with Crippen molar-refractivity contribution < 1.29 is 14.6 Å². The van der Waals surface area contributed by atoms with Crippen molar-refractivity contribution in [2.45, 2.75) is 19.8 Å². The third kappa shape index (κ3) is 3.10. The summed E-state index contributed by atoms with van der Waals surface area (Å²) in [5, 5.41) is 8.80. The van der Waals surface area contributed by atoms with E-state index in [4.69, 9.17) is 9.84 Å². The topological polar surface area (TPSA) is 59.4 Å². The molecule has 0 aliphatic rings. The smallest absolute Gasteiger partial charge is 0.337 e. The van der Waals surface area contributed by atoms with Crippen LogP contribution in [0.15, 0.2) is 42.6 Å². The maximum absolute atomic E-state index is 10.7. The monoisotopic (exact) mass is 257 g/mol. The van der Waals surface area contributed by atoms with Crippen LogP contribution in [0.4, 0.5) is 0 Å². The minimum Gasteiger partial charge on any atom is -0.478 e. The van der Waals surface area contributed by atoms with Crippen LogP contribution >= 0.6 is 0 Å². The second-order valence-corrected chi connectivity index (χ2v) is 4.48. The molecule has 2 rings (SSSR count). The summed E-state index contributed by atoms with van der Waals surface area (Å²) in [7, 11) is 0. The van der Waals surface area contributed by atoms with E-state index in [2.05, 4.69) is 18.8 Å². The molecule has 1 aromatic heterocycles. The van der Waals surface area contributed by atoms with Gasteiger partial charge in [-0.1, -0.05) is 32.0 Å². The van der Waals surface area contributed by atoms with Crippen molar-refractivity contribution in [2.24, 2.45) is 0 Å². The van der Waals surface area contributed by atoms with Crippen molar-refractivity contribution in [3.63, 3.8) is 0 Å². The molecule has 0 saturated heterocycles. The van der Waals surface area contributed by atoms with Crippen LogP contribution in [0.3, 0.4) is 0 Å². The number of pyridine rings is 1. The lowest BCUT2D eigenvalue weighted by molar-refractivity contribution is 0.0696. The molecule has 1 N–H and O–H groups in total. The first kappa shape index (κ1) is 13.1. The Bertz CT molecular complexity index is 576. The molecule has 0 spiro atoms. The molecule has 0 radical (unpaired) electrons. The molecular formula is C15H15NO3. The van der Waals surface area contributed by atoms with Crippen LogP contribution in [-0.4, -0.2) is 16.1 Å². The first-order valence-electron chi connectivity index (χ1n) is 6.04. The highest BCUT2D eigenvalue weighted by Gasteiger charge is 2.09. The van der Waals surface area contributed by atoms with E-state index >= 15 is 0 Å². The normalized spacial score (nSPS) is 10.5. The third-order valence-electron chi connectivity index (χ3n) is 2.74. The fraction of sp³-hybridized carbons (Fsp3) is 0.200. The van der Waals surface area contributed by atoms with Gasteiger partial charge in [0.05, 0.1) is 5.56 Å². The Morgan fingerprint density at radius 3 is 2.53 bits per heavy atom. The first-order valence-corrected chi connectivity index (χ1v) is 6.04. The Morgan fingerprint density at radius 1 is 1.21 bits per heavy atom. The fourth-order valence-corrected chi connectivity index (χ4v) is 1.73. The largest absolute Gasteiger partial charge is 0.478 e. The van der Waals surface area contributed by atoms with Crippen LogP contribution in [0, 0.1) is 0 Å². The Balaban J connectivity index is 2.24. The minimum absolute atomic E-state index is 0.143. The van der Waals surface area contributed by atoms with Crippen LogP contribution in [0.1, 0.15) is 35.7 Å². The number of ether oxygens (including phenoxy) is 1. The van der Waals surface area contributed by atoms with Gasteiger partial charge in [0.25, 0.3) is 0 Å². The van der Waals surface area contributed by atoms with Gasteiger partial charge >= 0.3 is 5.97 Å². The van der Waals surface area contributed by atoms with Crippen LogP contribution in [0.25, 0.3) is 0 Å². The standard InChI is InChI=1S/C15H15NO3/c1-10(2)12-5-3-4-6-13(12)19-14-8-7-11(9-16-14)15(17)18/h3-10H,1-2H3,(H,17,18). The number of carboxylic acid groups (broad SMARTS) is 1. The van der Waals surface area contributed by atoms with Crippen molar-refractivity contribution in [1.29, 1.82) is 0 Å². The summed E-state index contributed by atoms with van der Waals surface area (Å²) in [5.74, 6) is 0.474. The van der Waals surface area contributed by atoms with Crippen molar-refractivity contribution in [3.8, 4) is 11.6 Å². The van der Waals surface area contributed by atoms with Crippen molar-refractivity contribution in [1.82, 2.24) is 4.98 Å². The molecular weight excluding hydrogens is 242 g/mol. The Labute approximate surface area is 111 Å². The van der Waals surface area contributed by atoms with Gasteiger partial charge in [0, 0.05) is 12.3 Å². The van der Waals surface area contributed by atoms with E-state index < -0.39 is 5.97 Å². The average molecular weight is 257 g/mol. The van der Waals surface area contributed by atoms with Gasteiger partial charge in [0.2, 0.25) is 5.88 Å². The molecule has 1 aromatic carbocycles. The zero-order valence-electron chi connectivity index (χ0n) is 10.8. The highest BCUT2D eigenvalue weighted by atomic mass is 16.5. The molecule has 0 amide bonds. The molecule has 2 aromatic rings. The molecule has 0 atom stereocenters. The highest BCUT2D eigenvalue weighted by Crippen LogP contribution is 2.29. The number of carbonyl (C=O) groups is 1. The third-order valence-corrected chi connectivity index (χ3v) is 2.74. The first-order chi connectivity index (χ1) is 9.08. The Morgan fingerprint density at radius 2 is 1.95 bits per heavy atom. The van der Waals surface area contributed by atoms with Gasteiger partial charge < -0.3 is 9.84 Å². The molecule has 0 fully saturated rings. The molecule has 4 nitrogen and oxygen atoms in total. The summed E-state index contributed by atoms with van der Waals surface area (Å²) in [6.07, 6.45) is 1.29. The molecule has 0 aliphatic heterocycles. The predicted molar refractivity (Wildman–Crippen MR) is 71.8 cm³/mol. The van der Waals surface area contributed by atoms with Crippen molar-refractivity contribution in [2.75, 3.05) is 0 Å².